The smallest absolute Gasteiger partial charge is 0.279 e. The van der Waals surface area contributed by atoms with Crippen LogP contribution >= 0.6 is 0 Å². The van der Waals surface area contributed by atoms with E-state index in [-0.39, 0.29) is 5.82 Å². The summed E-state index contributed by atoms with van der Waals surface area (Å²) in [5.74, 6) is 0.696. The van der Waals surface area contributed by atoms with Crippen LogP contribution in [-0.2, 0) is 11.8 Å². The molecule has 28 heavy (non-hydrogen) atoms. The van der Waals surface area contributed by atoms with Crippen LogP contribution in [0.5, 0.6) is 0 Å². The SMILES string of the molecule is Cc1noc(-c2n[nH]c3c2C=CC(c2ccccc2)(c2cccc(F)c2)C3)n1. The van der Waals surface area contributed by atoms with Crippen molar-refractivity contribution in [2.75, 3.05) is 0 Å². The van der Waals surface area contributed by atoms with Gasteiger partial charge in [-0.25, -0.2) is 4.39 Å². The largest absolute Gasteiger partial charge is 0.332 e. The summed E-state index contributed by atoms with van der Waals surface area (Å²) in [6, 6.07) is 16.9. The molecule has 0 saturated carbocycles. The Labute approximate surface area is 160 Å². The van der Waals surface area contributed by atoms with Gasteiger partial charge in [0, 0.05) is 23.1 Å². The molecule has 1 aliphatic carbocycles. The van der Waals surface area contributed by atoms with Gasteiger partial charge in [-0.05, 0) is 30.2 Å². The summed E-state index contributed by atoms with van der Waals surface area (Å²) in [6.07, 6.45) is 4.74. The first-order valence-electron chi connectivity index (χ1n) is 9.04. The van der Waals surface area contributed by atoms with Crippen molar-refractivity contribution in [3.8, 4) is 11.6 Å². The highest BCUT2D eigenvalue weighted by Crippen LogP contribution is 2.42. The zero-order valence-electron chi connectivity index (χ0n) is 15.2. The van der Waals surface area contributed by atoms with Gasteiger partial charge in [0.2, 0.25) is 0 Å². The average molecular weight is 372 g/mol. The van der Waals surface area contributed by atoms with Crippen molar-refractivity contribution in [2.24, 2.45) is 0 Å². The fourth-order valence-corrected chi connectivity index (χ4v) is 3.89. The average Bonchev–Trinajstić information content (AvgIpc) is 3.33. The van der Waals surface area contributed by atoms with Crippen LogP contribution in [0.15, 0.2) is 65.2 Å². The molecule has 1 atom stereocenters. The van der Waals surface area contributed by atoms with E-state index in [1.165, 1.54) is 6.07 Å². The van der Waals surface area contributed by atoms with Gasteiger partial charge in [-0.3, -0.25) is 5.10 Å². The fourth-order valence-electron chi connectivity index (χ4n) is 3.89. The highest BCUT2D eigenvalue weighted by Gasteiger charge is 2.37. The number of benzene rings is 2. The van der Waals surface area contributed by atoms with Gasteiger partial charge in [0.25, 0.3) is 5.89 Å². The number of rotatable bonds is 3. The van der Waals surface area contributed by atoms with E-state index in [0.29, 0.717) is 23.8 Å². The Morgan fingerprint density at radius 2 is 1.89 bits per heavy atom. The zero-order valence-corrected chi connectivity index (χ0v) is 15.2. The summed E-state index contributed by atoms with van der Waals surface area (Å²) in [5.41, 5.74) is 3.99. The fraction of sp³-hybridized carbons (Fsp3) is 0.136. The third-order valence-electron chi connectivity index (χ3n) is 5.23. The molecule has 0 spiro atoms. The molecule has 1 N–H and O–H groups in total. The molecule has 1 aliphatic rings. The molecule has 2 heterocycles. The van der Waals surface area contributed by atoms with Crippen molar-refractivity contribution in [1.29, 1.82) is 0 Å². The van der Waals surface area contributed by atoms with Crippen LogP contribution in [0.2, 0.25) is 0 Å². The Kier molecular flexibility index (Phi) is 3.72. The molecule has 0 bridgehead atoms. The molecule has 5 nitrogen and oxygen atoms in total. The number of aromatic amines is 1. The van der Waals surface area contributed by atoms with Crippen molar-refractivity contribution in [2.45, 2.75) is 18.8 Å². The van der Waals surface area contributed by atoms with Gasteiger partial charge >= 0.3 is 0 Å². The normalized spacial score (nSPS) is 18.2. The summed E-state index contributed by atoms with van der Waals surface area (Å²) in [7, 11) is 0. The lowest BCUT2D eigenvalue weighted by Gasteiger charge is -2.34. The van der Waals surface area contributed by atoms with Gasteiger partial charge in [0.15, 0.2) is 11.5 Å². The second-order valence-corrected chi connectivity index (χ2v) is 6.97. The van der Waals surface area contributed by atoms with E-state index >= 15 is 0 Å². The van der Waals surface area contributed by atoms with Gasteiger partial charge in [0.05, 0.1) is 0 Å². The van der Waals surface area contributed by atoms with Crippen molar-refractivity contribution in [3.05, 3.63) is 94.7 Å². The van der Waals surface area contributed by atoms with Gasteiger partial charge in [-0.2, -0.15) is 10.1 Å². The monoisotopic (exact) mass is 372 g/mol. The number of halogens is 1. The Morgan fingerprint density at radius 3 is 2.64 bits per heavy atom. The van der Waals surface area contributed by atoms with Crippen molar-refractivity contribution < 1.29 is 8.91 Å². The van der Waals surface area contributed by atoms with Crippen molar-refractivity contribution in [3.63, 3.8) is 0 Å². The number of aromatic nitrogens is 4. The summed E-state index contributed by atoms with van der Waals surface area (Å²) >= 11 is 0. The van der Waals surface area contributed by atoms with Crippen LogP contribution in [-0.4, -0.2) is 20.3 Å². The minimum absolute atomic E-state index is 0.251. The molecule has 0 radical (unpaired) electrons. The first-order chi connectivity index (χ1) is 13.7. The number of nitrogens with zero attached hydrogens (tertiary/aromatic N) is 3. The number of hydrogen-bond acceptors (Lipinski definition) is 4. The molecular weight excluding hydrogens is 355 g/mol. The molecule has 1 unspecified atom stereocenters. The van der Waals surface area contributed by atoms with E-state index in [1.807, 2.05) is 30.3 Å². The third kappa shape index (κ3) is 2.57. The predicted octanol–water partition coefficient (Wildman–Crippen LogP) is 4.46. The van der Waals surface area contributed by atoms with Gasteiger partial charge in [0.1, 0.15) is 5.82 Å². The number of fused-ring (bicyclic) bond motifs is 1. The second-order valence-electron chi connectivity index (χ2n) is 6.97. The van der Waals surface area contributed by atoms with E-state index in [4.69, 9.17) is 4.52 Å². The minimum Gasteiger partial charge on any atom is -0.332 e. The van der Waals surface area contributed by atoms with E-state index in [0.717, 1.165) is 22.4 Å². The van der Waals surface area contributed by atoms with Crippen LogP contribution in [0.3, 0.4) is 0 Å². The Hall–Kier alpha value is -3.54. The molecule has 2 aromatic heterocycles. The first kappa shape index (κ1) is 16.6. The molecule has 0 aliphatic heterocycles. The third-order valence-corrected chi connectivity index (χ3v) is 5.23. The number of allylic oxidation sites excluding steroid dienone is 1. The van der Waals surface area contributed by atoms with Crippen LogP contribution < -0.4 is 0 Å². The van der Waals surface area contributed by atoms with Crippen LogP contribution in [0.4, 0.5) is 4.39 Å². The number of aryl methyl sites for hydroxylation is 1. The summed E-state index contributed by atoms with van der Waals surface area (Å²) in [5, 5.41) is 11.4. The molecule has 0 fully saturated rings. The molecule has 138 valence electrons. The predicted molar refractivity (Wildman–Crippen MR) is 103 cm³/mol. The quantitative estimate of drug-likeness (QED) is 0.576. The molecule has 2 aromatic carbocycles. The lowest BCUT2D eigenvalue weighted by atomic mass is 9.68. The summed E-state index contributed by atoms with van der Waals surface area (Å²) < 4.78 is 19.3. The lowest BCUT2D eigenvalue weighted by Crippen LogP contribution is -2.30. The van der Waals surface area contributed by atoms with Crippen LogP contribution in [0, 0.1) is 12.7 Å². The Bertz CT molecular complexity index is 1180. The van der Waals surface area contributed by atoms with E-state index in [1.54, 1.807) is 19.1 Å². The van der Waals surface area contributed by atoms with E-state index < -0.39 is 5.41 Å². The maximum absolute atomic E-state index is 14.1. The van der Waals surface area contributed by atoms with Gasteiger partial charge in [-0.15, -0.1) is 0 Å². The van der Waals surface area contributed by atoms with Crippen molar-refractivity contribution in [1.82, 2.24) is 20.3 Å². The number of nitrogens with one attached hydrogen (secondary N) is 1. The van der Waals surface area contributed by atoms with E-state index in [2.05, 4.69) is 38.5 Å². The van der Waals surface area contributed by atoms with Gasteiger partial charge in [-0.1, -0.05) is 59.8 Å². The maximum Gasteiger partial charge on any atom is 0.279 e. The highest BCUT2D eigenvalue weighted by molar-refractivity contribution is 5.73. The highest BCUT2D eigenvalue weighted by atomic mass is 19.1. The van der Waals surface area contributed by atoms with E-state index in [9.17, 15) is 4.39 Å². The minimum atomic E-state index is -0.495. The Balaban J connectivity index is 1.66. The van der Waals surface area contributed by atoms with Crippen molar-refractivity contribution >= 4 is 6.08 Å². The lowest BCUT2D eigenvalue weighted by molar-refractivity contribution is 0.424. The molecule has 5 rings (SSSR count). The van der Waals surface area contributed by atoms with Crippen LogP contribution in [0.25, 0.3) is 17.7 Å². The van der Waals surface area contributed by atoms with Crippen LogP contribution in [0.1, 0.15) is 28.2 Å². The molecule has 6 heteroatoms. The zero-order chi connectivity index (χ0) is 19.1. The molecule has 0 amide bonds. The molecular formula is C22H17FN4O. The maximum atomic E-state index is 14.1. The number of H-pyrrole nitrogens is 1. The summed E-state index contributed by atoms with van der Waals surface area (Å²) in [6.45, 7) is 1.77. The molecule has 0 saturated heterocycles. The Morgan fingerprint density at radius 1 is 1.07 bits per heavy atom. The second kappa shape index (κ2) is 6.27. The standard InChI is InChI=1S/C22H17FN4O/c1-14-24-21(28-27-14)20-18-10-11-22(13-19(18)25-26-20,15-6-3-2-4-7-15)16-8-5-9-17(23)12-16/h2-12H,13H2,1H3,(H,25,26). The summed E-state index contributed by atoms with van der Waals surface area (Å²) in [4.78, 5) is 4.28. The molecule has 4 aromatic rings. The number of hydrogen-bond donors (Lipinski definition) is 1. The topological polar surface area (TPSA) is 67.6 Å². The first-order valence-corrected chi connectivity index (χ1v) is 9.04. The van der Waals surface area contributed by atoms with Gasteiger partial charge < -0.3 is 4.52 Å².